The van der Waals surface area contributed by atoms with E-state index in [0.717, 1.165) is 25.8 Å². The molecule has 0 amide bonds. The van der Waals surface area contributed by atoms with Gasteiger partial charge < -0.3 is 10.4 Å². The minimum atomic E-state index is -0.104. The van der Waals surface area contributed by atoms with Crippen LogP contribution in [0.1, 0.15) is 55.8 Å². The molecule has 1 aromatic heterocycles. The molecule has 0 spiro atoms. The Morgan fingerprint density at radius 2 is 2.11 bits per heavy atom. The fourth-order valence-corrected chi connectivity index (χ4v) is 3.53. The third-order valence-electron chi connectivity index (χ3n) is 4.69. The Bertz CT molecular complexity index is 421. The van der Waals surface area contributed by atoms with Crippen LogP contribution in [0.25, 0.3) is 0 Å². The lowest BCUT2D eigenvalue weighted by molar-refractivity contribution is 0.0676. The molecule has 104 valence electrons. The maximum atomic E-state index is 10.0. The lowest BCUT2D eigenvalue weighted by Gasteiger charge is -2.31. The predicted molar refractivity (Wildman–Crippen MR) is 75.9 cm³/mol. The van der Waals surface area contributed by atoms with Crippen LogP contribution in [0.3, 0.4) is 0 Å². The van der Waals surface area contributed by atoms with E-state index in [9.17, 15) is 5.11 Å². The van der Waals surface area contributed by atoms with Crippen molar-refractivity contribution >= 4 is 0 Å². The van der Waals surface area contributed by atoms with Gasteiger partial charge in [-0.1, -0.05) is 18.9 Å². The number of hydrogen-bond acceptors (Lipinski definition) is 3. The van der Waals surface area contributed by atoms with E-state index in [0.29, 0.717) is 12.0 Å². The molecule has 0 aromatic carbocycles. The first-order valence-electron chi connectivity index (χ1n) is 7.70. The summed E-state index contributed by atoms with van der Waals surface area (Å²) in [4.78, 5) is 4.56. The Kier molecular flexibility index (Phi) is 4.14. The van der Waals surface area contributed by atoms with Crippen LogP contribution in [0.15, 0.2) is 18.3 Å². The van der Waals surface area contributed by atoms with Gasteiger partial charge in [0, 0.05) is 18.8 Å². The van der Waals surface area contributed by atoms with Gasteiger partial charge in [-0.05, 0) is 49.7 Å². The maximum Gasteiger partial charge on any atom is 0.0605 e. The van der Waals surface area contributed by atoms with Gasteiger partial charge in [0.1, 0.15) is 0 Å². The number of aromatic nitrogens is 1. The van der Waals surface area contributed by atoms with Crippen LogP contribution >= 0.6 is 0 Å². The number of fused-ring (bicyclic) bond motifs is 1. The Morgan fingerprint density at radius 1 is 1.21 bits per heavy atom. The van der Waals surface area contributed by atoms with Crippen molar-refractivity contribution < 1.29 is 5.11 Å². The predicted octanol–water partition coefficient (Wildman–Crippen LogP) is 2.60. The summed E-state index contributed by atoms with van der Waals surface area (Å²) in [7, 11) is 0. The summed E-state index contributed by atoms with van der Waals surface area (Å²) in [5, 5.41) is 13.7. The third-order valence-corrected chi connectivity index (χ3v) is 4.69. The van der Waals surface area contributed by atoms with Gasteiger partial charge in [-0.15, -0.1) is 0 Å². The molecular formula is C16H24N2O. The monoisotopic (exact) mass is 260 g/mol. The second-order valence-electron chi connectivity index (χ2n) is 6.01. The average Bonchev–Trinajstić information content (AvgIpc) is 2.46. The number of pyridine rings is 1. The summed E-state index contributed by atoms with van der Waals surface area (Å²) in [5.74, 6) is 0.433. The van der Waals surface area contributed by atoms with Crippen LogP contribution in [0.4, 0.5) is 0 Å². The van der Waals surface area contributed by atoms with Crippen molar-refractivity contribution in [2.24, 2.45) is 5.92 Å². The van der Waals surface area contributed by atoms with Crippen LogP contribution < -0.4 is 5.32 Å². The zero-order valence-electron chi connectivity index (χ0n) is 11.5. The average molecular weight is 260 g/mol. The van der Waals surface area contributed by atoms with Gasteiger partial charge in [0.25, 0.3) is 0 Å². The van der Waals surface area contributed by atoms with E-state index in [1.54, 1.807) is 0 Å². The molecular weight excluding hydrogens is 236 g/mol. The molecule has 3 rings (SSSR count). The summed E-state index contributed by atoms with van der Waals surface area (Å²) in [6, 6.07) is 4.62. The van der Waals surface area contributed by atoms with Gasteiger partial charge in [0.05, 0.1) is 11.8 Å². The fraction of sp³-hybridized carbons (Fsp3) is 0.688. The molecule has 0 radical (unpaired) electrons. The normalized spacial score (nSPS) is 30.9. The number of rotatable bonds is 3. The third kappa shape index (κ3) is 2.98. The molecule has 1 saturated carbocycles. The van der Waals surface area contributed by atoms with Crippen molar-refractivity contribution in [2.75, 3.05) is 6.54 Å². The molecule has 2 aliphatic carbocycles. The van der Waals surface area contributed by atoms with E-state index in [-0.39, 0.29) is 6.10 Å². The number of aryl methyl sites for hydroxylation is 1. The SMILES string of the molecule is OC1CCCCC1CNC1CCCc2cccnc21. The zero-order valence-corrected chi connectivity index (χ0v) is 11.5. The molecule has 1 aromatic rings. The van der Waals surface area contributed by atoms with E-state index < -0.39 is 0 Å². The standard InChI is InChI=1S/C16H24N2O/c19-15-9-2-1-5-13(15)11-18-14-8-3-6-12-7-4-10-17-16(12)14/h4,7,10,13-15,18-19H,1-3,5-6,8-9,11H2. The molecule has 3 atom stereocenters. The lowest BCUT2D eigenvalue weighted by Crippen LogP contribution is -2.36. The number of hydrogen-bond donors (Lipinski definition) is 2. The van der Waals surface area contributed by atoms with Gasteiger partial charge in [0.15, 0.2) is 0 Å². The van der Waals surface area contributed by atoms with E-state index in [2.05, 4.69) is 16.4 Å². The number of aliphatic hydroxyl groups is 1. The quantitative estimate of drug-likeness (QED) is 0.878. The lowest BCUT2D eigenvalue weighted by atomic mass is 9.85. The largest absolute Gasteiger partial charge is 0.393 e. The van der Waals surface area contributed by atoms with Gasteiger partial charge in [0.2, 0.25) is 0 Å². The molecule has 1 fully saturated rings. The van der Waals surface area contributed by atoms with Gasteiger partial charge in [-0.3, -0.25) is 4.98 Å². The molecule has 3 unspecified atom stereocenters. The van der Waals surface area contributed by atoms with Gasteiger partial charge in [-0.25, -0.2) is 0 Å². The first-order chi connectivity index (χ1) is 9.34. The molecule has 3 nitrogen and oxygen atoms in total. The van der Waals surface area contributed by atoms with Crippen LogP contribution in [0.2, 0.25) is 0 Å². The Hall–Kier alpha value is -0.930. The van der Waals surface area contributed by atoms with Crippen LogP contribution in [0, 0.1) is 5.92 Å². The maximum absolute atomic E-state index is 10.0. The fourth-order valence-electron chi connectivity index (χ4n) is 3.53. The topological polar surface area (TPSA) is 45.1 Å². The molecule has 2 N–H and O–H groups in total. The second kappa shape index (κ2) is 6.02. The van der Waals surface area contributed by atoms with E-state index in [1.807, 2.05) is 12.3 Å². The van der Waals surface area contributed by atoms with E-state index in [1.165, 1.54) is 36.9 Å². The summed E-state index contributed by atoms with van der Waals surface area (Å²) >= 11 is 0. The van der Waals surface area contributed by atoms with E-state index in [4.69, 9.17) is 0 Å². The number of nitrogens with zero attached hydrogens (tertiary/aromatic N) is 1. The van der Waals surface area contributed by atoms with E-state index >= 15 is 0 Å². The van der Waals surface area contributed by atoms with Crippen molar-refractivity contribution in [1.82, 2.24) is 10.3 Å². The molecule has 1 heterocycles. The van der Waals surface area contributed by atoms with Crippen molar-refractivity contribution in [3.63, 3.8) is 0 Å². The summed E-state index contributed by atoms with van der Waals surface area (Å²) < 4.78 is 0. The minimum absolute atomic E-state index is 0.104. The Labute approximate surface area is 115 Å². The molecule has 0 aliphatic heterocycles. The van der Waals surface area contributed by atoms with Crippen molar-refractivity contribution in [3.8, 4) is 0 Å². The van der Waals surface area contributed by atoms with Crippen molar-refractivity contribution in [1.29, 1.82) is 0 Å². The van der Waals surface area contributed by atoms with Gasteiger partial charge in [-0.2, -0.15) is 0 Å². The zero-order chi connectivity index (χ0) is 13.1. The molecule has 19 heavy (non-hydrogen) atoms. The van der Waals surface area contributed by atoms with Crippen LogP contribution in [-0.2, 0) is 6.42 Å². The highest BCUT2D eigenvalue weighted by Crippen LogP contribution is 2.29. The highest BCUT2D eigenvalue weighted by molar-refractivity contribution is 5.25. The van der Waals surface area contributed by atoms with Crippen LogP contribution in [0.5, 0.6) is 0 Å². The number of aliphatic hydroxyl groups excluding tert-OH is 1. The molecule has 0 bridgehead atoms. The smallest absolute Gasteiger partial charge is 0.0605 e. The summed E-state index contributed by atoms with van der Waals surface area (Å²) in [6.45, 7) is 0.932. The van der Waals surface area contributed by atoms with Gasteiger partial charge >= 0.3 is 0 Å². The summed E-state index contributed by atoms with van der Waals surface area (Å²) in [6.07, 6.45) is 9.96. The minimum Gasteiger partial charge on any atom is -0.393 e. The van der Waals surface area contributed by atoms with Crippen LogP contribution in [-0.4, -0.2) is 22.7 Å². The highest BCUT2D eigenvalue weighted by atomic mass is 16.3. The molecule has 0 saturated heterocycles. The molecule has 3 heteroatoms. The number of nitrogens with one attached hydrogen (secondary N) is 1. The first-order valence-corrected chi connectivity index (χ1v) is 7.70. The molecule has 2 aliphatic rings. The Balaban J connectivity index is 1.61. The second-order valence-corrected chi connectivity index (χ2v) is 6.01. The highest BCUT2D eigenvalue weighted by Gasteiger charge is 2.26. The summed E-state index contributed by atoms with van der Waals surface area (Å²) in [5.41, 5.74) is 2.63. The van der Waals surface area contributed by atoms with Crippen molar-refractivity contribution in [2.45, 2.75) is 57.1 Å². The Morgan fingerprint density at radius 3 is 3.00 bits per heavy atom. The first kappa shape index (κ1) is 13.1. The van der Waals surface area contributed by atoms with Crippen molar-refractivity contribution in [3.05, 3.63) is 29.6 Å².